The fourth-order valence-corrected chi connectivity index (χ4v) is 6.26. The van der Waals surface area contributed by atoms with Gasteiger partial charge in [0.2, 0.25) is 0 Å². The number of H-pyrrole nitrogens is 1. The topological polar surface area (TPSA) is 141 Å². The smallest absolute Gasteiger partial charge is 0.388 e. The highest BCUT2D eigenvalue weighted by Crippen LogP contribution is 2.32. The Labute approximate surface area is 260 Å². The molecule has 0 unspecified atom stereocenters. The van der Waals surface area contributed by atoms with Crippen molar-refractivity contribution in [3.05, 3.63) is 92.6 Å². The van der Waals surface area contributed by atoms with E-state index in [2.05, 4.69) is 22.2 Å². The van der Waals surface area contributed by atoms with Gasteiger partial charge in [-0.15, -0.1) is 0 Å². The molecule has 11 heteroatoms. The van der Waals surface area contributed by atoms with Crippen molar-refractivity contribution in [2.45, 2.75) is 89.9 Å². The van der Waals surface area contributed by atoms with Crippen LogP contribution in [0.15, 0.2) is 69.0 Å². The summed E-state index contributed by atoms with van der Waals surface area (Å²) in [4.78, 5) is 33.3. The van der Waals surface area contributed by atoms with Crippen LogP contribution in [0.4, 0.5) is 0 Å². The van der Waals surface area contributed by atoms with E-state index in [1.807, 2.05) is 57.7 Å². The van der Waals surface area contributed by atoms with Crippen LogP contribution in [0.25, 0.3) is 28.3 Å². The van der Waals surface area contributed by atoms with Gasteiger partial charge in [0.25, 0.3) is 5.56 Å². The van der Waals surface area contributed by atoms with Gasteiger partial charge in [-0.2, -0.15) is 5.10 Å². The normalized spacial score (nSPS) is 17.2. The molecule has 4 heterocycles. The molecule has 4 aromatic heterocycles. The second-order valence-electron chi connectivity index (χ2n) is 12.6. The Morgan fingerprint density at radius 3 is 2.51 bits per heavy atom. The van der Waals surface area contributed by atoms with Crippen molar-refractivity contribution in [1.29, 1.82) is 0 Å². The predicted molar refractivity (Wildman–Crippen MR) is 170 cm³/mol. The third-order valence-electron chi connectivity index (χ3n) is 8.50. The molecule has 0 amide bonds. The molecule has 0 spiro atoms. The average molecular weight is 613 g/mol. The Morgan fingerprint density at radius 2 is 1.84 bits per heavy atom. The van der Waals surface area contributed by atoms with Crippen molar-refractivity contribution in [2.75, 3.05) is 6.61 Å². The number of nitrogens with one attached hydrogen (secondary N) is 1. The monoisotopic (exact) mass is 612 g/mol. The summed E-state index contributed by atoms with van der Waals surface area (Å²) in [6.45, 7) is 5.94. The molecule has 1 aliphatic rings. The summed E-state index contributed by atoms with van der Waals surface area (Å²) < 4.78 is 14.6. The number of aromatic amines is 1. The van der Waals surface area contributed by atoms with Crippen LogP contribution in [-0.2, 0) is 17.6 Å². The van der Waals surface area contributed by atoms with E-state index < -0.39 is 11.4 Å². The Hall–Kier alpha value is -4.35. The van der Waals surface area contributed by atoms with E-state index in [1.54, 1.807) is 20.0 Å². The van der Waals surface area contributed by atoms with E-state index in [0.717, 1.165) is 73.0 Å². The van der Waals surface area contributed by atoms with Crippen molar-refractivity contribution in [1.82, 2.24) is 29.3 Å². The molecule has 0 atom stereocenters. The molecule has 0 radical (unpaired) electrons. The number of aromatic nitrogens is 6. The quantitative estimate of drug-likeness (QED) is 0.210. The first kappa shape index (κ1) is 30.7. The number of hydrogen-bond donors (Lipinski definition) is 2. The van der Waals surface area contributed by atoms with Crippen LogP contribution in [0.3, 0.4) is 0 Å². The van der Waals surface area contributed by atoms with Crippen LogP contribution in [0.5, 0.6) is 0 Å². The molecule has 0 bridgehead atoms. The number of nitrogens with zero attached hydrogens (tertiary/aromatic N) is 5. The molecule has 2 N–H and O–H groups in total. The van der Waals surface area contributed by atoms with E-state index in [9.17, 15) is 14.7 Å². The maximum atomic E-state index is 14.4. The minimum Gasteiger partial charge on any atom is -0.388 e. The van der Waals surface area contributed by atoms with Gasteiger partial charge < -0.3 is 9.84 Å². The van der Waals surface area contributed by atoms with Crippen LogP contribution >= 0.6 is 0 Å². The van der Waals surface area contributed by atoms with Crippen LogP contribution in [-0.4, -0.2) is 52.7 Å². The summed E-state index contributed by atoms with van der Waals surface area (Å²) in [5.74, 6) is -0.276. The number of hydrogen-bond acceptors (Lipinski definition) is 8. The summed E-state index contributed by atoms with van der Waals surface area (Å²) in [6.07, 6.45) is 10.1. The number of rotatable bonds is 11. The lowest BCUT2D eigenvalue weighted by atomic mass is 9.92. The maximum absolute atomic E-state index is 14.4. The van der Waals surface area contributed by atoms with Crippen LogP contribution in [0, 0.1) is 0 Å². The number of pyridine rings is 1. The van der Waals surface area contributed by atoms with Gasteiger partial charge in [0.15, 0.2) is 5.82 Å². The molecule has 6 rings (SSSR count). The molecule has 0 saturated heterocycles. The second kappa shape index (κ2) is 12.9. The van der Waals surface area contributed by atoms with Gasteiger partial charge in [0, 0.05) is 41.4 Å². The molecule has 1 saturated carbocycles. The van der Waals surface area contributed by atoms with Gasteiger partial charge >= 0.3 is 5.76 Å². The average Bonchev–Trinajstić information content (AvgIpc) is 3.70. The maximum Gasteiger partial charge on any atom is 0.439 e. The number of aryl methyl sites for hydroxylation is 1. The lowest BCUT2D eigenvalue weighted by Gasteiger charge is -2.32. The first-order valence-electron chi connectivity index (χ1n) is 15.8. The molecule has 0 aliphatic heterocycles. The molecule has 1 fully saturated rings. The zero-order valence-corrected chi connectivity index (χ0v) is 26.0. The van der Waals surface area contributed by atoms with Crippen LogP contribution in [0.1, 0.15) is 82.2 Å². The van der Waals surface area contributed by atoms with Crippen molar-refractivity contribution in [3.63, 3.8) is 0 Å². The Balaban J connectivity index is 1.31. The lowest BCUT2D eigenvalue weighted by molar-refractivity contribution is -0.0654. The summed E-state index contributed by atoms with van der Waals surface area (Å²) in [7, 11) is 0. The highest BCUT2D eigenvalue weighted by Gasteiger charge is 2.28. The number of unbranched alkanes of at least 4 members (excludes halogenated alkanes) is 1. The summed E-state index contributed by atoms with van der Waals surface area (Å²) >= 11 is 0. The fourth-order valence-electron chi connectivity index (χ4n) is 6.26. The molecule has 1 aliphatic carbocycles. The second-order valence-corrected chi connectivity index (χ2v) is 12.6. The van der Waals surface area contributed by atoms with Gasteiger partial charge in [-0.05, 0) is 64.0 Å². The number of ether oxygens (including phenoxy) is 1. The van der Waals surface area contributed by atoms with Gasteiger partial charge in [-0.1, -0.05) is 48.8 Å². The first-order valence-corrected chi connectivity index (χ1v) is 15.8. The zero-order valence-electron chi connectivity index (χ0n) is 26.0. The van der Waals surface area contributed by atoms with E-state index in [4.69, 9.17) is 14.2 Å². The first-order chi connectivity index (χ1) is 21.7. The molecule has 11 nitrogen and oxygen atoms in total. The Bertz CT molecular complexity index is 1870. The van der Waals surface area contributed by atoms with Crippen LogP contribution in [0.2, 0.25) is 0 Å². The van der Waals surface area contributed by atoms with E-state index in [1.165, 1.54) is 0 Å². The van der Waals surface area contributed by atoms with Gasteiger partial charge in [0.05, 0.1) is 35.9 Å². The lowest BCUT2D eigenvalue weighted by Crippen LogP contribution is -2.36. The molecule has 236 valence electrons. The van der Waals surface area contributed by atoms with E-state index in [0.29, 0.717) is 30.1 Å². The Morgan fingerprint density at radius 1 is 1.07 bits per heavy atom. The largest absolute Gasteiger partial charge is 0.439 e. The van der Waals surface area contributed by atoms with E-state index in [-0.39, 0.29) is 17.7 Å². The summed E-state index contributed by atoms with van der Waals surface area (Å²) in [6, 6.07) is 13.4. The highest BCUT2D eigenvalue weighted by atomic mass is 16.5. The van der Waals surface area contributed by atoms with Gasteiger partial charge in [-0.3, -0.25) is 23.9 Å². The molecule has 1 aromatic carbocycles. The standard InChI is InChI=1S/C34H40N6O5/c1-4-5-10-29-27(19-22-11-16-28(35-20-22)25-8-6-7-9-26(25)31-37-33(42)45-38-31)32(41)39(30-17-18-36-40(29)30)23-12-14-24(15-13-23)44-21-34(2,3)43/h6-9,11,16-18,20,23-24,43H,4-5,10,12-15,19,21H2,1-3H3,(H,37,38,42). The third-order valence-corrected chi connectivity index (χ3v) is 8.50. The van der Waals surface area contributed by atoms with E-state index >= 15 is 0 Å². The molecular formula is C34H40N6O5. The van der Waals surface area contributed by atoms with Crippen molar-refractivity contribution in [3.8, 4) is 22.6 Å². The molecule has 45 heavy (non-hydrogen) atoms. The van der Waals surface area contributed by atoms with Crippen molar-refractivity contribution >= 4 is 5.65 Å². The molecule has 5 aromatic rings. The number of fused-ring (bicyclic) bond motifs is 1. The number of aliphatic hydroxyl groups is 1. The molecular weight excluding hydrogens is 572 g/mol. The summed E-state index contributed by atoms with van der Waals surface area (Å²) in [5.41, 5.74) is 4.83. The fraction of sp³-hybridized carbons (Fsp3) is 0.441. The SMILES string of the molecule is CCCCc1c(Cc2ccc(-c3ccccc3-c3noc(=O)[nH]3)nc2)c(=O)n(C2CCC(OCC(C)(C)O)CC2)c2ccnn12. The zero-order chi connectivity index (χ0) is 31.6. The Kier molecular flexibility index (Phi) is 8.82. The highest BCUT2D eigenvalue weighted by molar-refractivity contribution is 5.78. The van der Waals surface area contributed by atoms with Gasteiger partial charge in [-0.25, -0.2) is 9.31 Å². The van der Waals surface area contributed by atoms with Crippen molar-refractivity contribution in [2.24, 2.45) is 0 Å². The third kappa shape index (κ3) is 6.69. The van der Waals surface area contributed by atoms with Gasteiger partial charge in [0.1, 0.15) is 5.65 Å². The number of benzene rings is 1. The predicted octanol–water partition coefficient (Wildman–Crippen LogP) is 5.11. The minimum atomic E-state index is -0.867. The summed E-state index contributed by atoms with van der Waals surface area (Å²) in [5, 5.41) is 18.6. The minimum absolute atomic E-state index is 0.0272. The van der Waals surface area contributed by atoms with Crippen molar-refractivity contribution < 1.29 is 14.4 Å². The van der Waals surface area contributed by atoms with Crippen LogP contribution < -0.4 is 11.3 Å².